The number of nitrogens with zero attached hydrogens (tertiary/aromatic N) is 3. The van der Waals surface area contributed by atoms with Crippen LogP contribution in [0.15, 0.2) is 48.5 Å². The number of nitrogens with one attached hydrogen (secondary N) is 1. The topological polar surface area (TPSA) is 67.2 Å². The molecule has 6 nitrogen and oxygen atoms in total. The van der Waals surface area contributed by atoms with Gasteiger partial charge in [-0.3, -0.25) is 9.59 Å². The van der Waals surface area contributed by atoms with E-state index in [0.717, 1.165) is 34.7 Å². The maximum Gasteiger partial charge on any atom is 0.244 e. The monoisotopic (exact) mass is 394 g/mol. The van der Waals surface area contributed by atoms with Crippen LogP contribution in [0.1, 0.15) is 18.7 Å². The average molecular weight is 395 g/mol. The van der Waals surface area contributed by atoms with Gasteiger partial charge in [-0.15, -0.1) is 0 Å². The average Bonchev–Trinajstić information content (AvgIpc) is 3.26. The van der Waals surface area contributed by atoms with Gasteiger partial charge in [-0.25, -0.2) is 4.98 Å². The van der Waals surface area contributed by atoms with Crippen LogP contribution in [-0.4, -0.2) is 34.2 Å². The number of para-hydroxylation sites is 4. The van der Waals surface area contributed by atoms with E-state index in [9.17, 15) is 9.59 Å². The first kappa shape index (κ1) is 18.6. The first-order valence-corrected chi connectivity index (χ1v) is 10.7. The molecule has 2 amide bonds. The molecule has 2 heterocycles. The first-order valence-electron chi connectivity index (χ1n) is 9.29. The molecule has 0 bridgehead atoms. The third-order valence-electron chi connectivity index (χ3n) is 4.85. The van der Waals surface area contributed by atoms with Crippen LogP contribution in [0.3, 0.4) is 0 Å². The summed E-state index contributed by atoms with van der Waals surface area (Å²) in [5.74, 6) is 1.59. The summed E-state index contributed by atoms with van der Waals surface area (Å²) >= 11 is 1.68. The first-order chi connectivity index (χ1) is 13.7. The lowest BCUT2D eigenvalue weighted by atomic mass is 10.2. The summed E-state index contributed by atoms with van der Waals surface area (Å²) in [6.07, 6.45) is 3.43. The van der Waals surface area contributed by atoms with Crippen LogP contribution in [0, 0.1) is 0 Å². The Morgan fingerprint density at radius 3 is 2.75 bits per heavy atom. The Hall–Kier alpha value is -2.80. The molecule has 4 rings (SSSR count). The number of benzene rings is 2. The second-order valence-corrected chi connectivity index (χ2v) is 7.62. The molecular formula is C21H22N4O2S. The summed E-state index contributed by atoms with van der Waals surface area (Å²) < 4.78 is 1.96. The summed E-state index contributed by atoms with van der Waals surface area (Å²) in [6, 6.07) is 15.3. The summed E-state index contributed by atoms with van der Waals surface area (Å²) in [7, 11) is 0. The lowest BCUT2D eigenvalue weighted by Gasteiger charge is -2.20. The van der Waals surface area contributed by atoms with Gasteiger partial charge in [-0.2, -0.15) is 11.8 Å². The van der Waals surface area contributed by atoms with Crippen LogP contribution in [-0.2, 0) is 21.9 Å². The van der Waals surface area contributed by atoms with E-state index >= 15 is 0 Å². The van der Waals surface area contributed by atoms with Gasteiger partial charge in [0, 0.05) is 13.0 Å². The van der Waals surface area contributed by atoms with Crippen molar-refractivity contribution in [1.82, 2.24) is 9.55 Å². The van der Waals surface area contributed by atoms with E-state index in [1.54, 1.807) is 16.7 Å². The molecule has 1 aliphatic heterocycles. The Bertz CT molecular complexity index is 1030. The Balaban J connectivity index is 1.59. The van der Waals surface area contributed by atoms with Crippen molar-refractivity contribution >= 4 is 46.0 Å². The van der Waals surface area contributed by atoms with Crippen molar-refractivity contribution in [2.75, 3.05) is 23.0 Å². The van der Waals surface area contributed by atoms with Crippen molar-refractivity contribution in [3.8, 4) is 0 Å². The Morgan fingerprint density at radius 2 is 1.96 bits per heavy atom. The van der Waals surface area contributed by atoms with Crippen LogP contribution in [0.25, 0.3) is 11.0 Å². The predicted octanol–water partition coefficient (Wildman–Crippen LogP) is 3.66. The second-order valence-electron chi connectivity index (χ2n) is 6.75. The third-order valence-corrected chi connectivity index (χ3v) is 5.40. The van der Waals surface area contributed by atoms with Crippen molar-refractivity contribution < 1.29 is 9.59 Å². The van der Waals surface area contributed by atoms with Crippen molar-refractivity contribution in [3.05, 3.63) is 54.4 Å². The summed E-state index contributed by atoms with van der Waals surface area (Å²) in [5, 5.41) is 2.99. The van der Waals surface area contributed by atoms with Gasteiger partial charge in [-0.1, -0.05) is 24.3 Å². The van der Waals surface area contributed by atoms with Gasteiger partial charge in [-0.05, 0) is 36.9 Å². The molecule has 1 N–H and O–H groups in total. The van der Waals surface area contributed by atoms with E-state index in [0.29, 0.717) is 18.7 Å². The van der Waals surface area contributed by atoms with Gasteiger partial charge in [0.25, 0.3) is 0 Å². The molecule has 7 heteroatoms. The molecule has 0 unspecified atom stereocenters. The van der Waals surface area contributed by atoms with E-state index in [-0.39, 0.29) is 18.4 Å². The minimum Gasteiger partial charge on any atom is -0.323 e. The Labute approximate surface area is 167 Å². The van der Waals surface area contributed by atoms with Gasteiger partial charge in [0.05, 0.1) is 28.2 Å². The van der Waals surface area contributed by atoms with Crippen LogP contribution in [0.4, 0.5) is 11.4 Å². The molecule has 0 spiro atoms. The maximum absolute atomic E-state index is 12.9. The Kier molecular flexibility index (Phi) is 5.34. The molecule has 0 atom stereocenters. The smallest absolute Gasteiger partial charge is 0.244 e. The molecule has 1 saturated heterocycles. The fourth-order valence-electron chi connectivity index (χ4n) is 3.59. The van der Waals surface area contributed by atoms with E-state index in [1.807, 2.05) is 59.4 Å². The number of carbonyl (C=O) groups excluding carboxylic acids is 2. The third kappa shape index (κ3) is 3.62. The highest BCUT2D eigenvalue weighted by Gasteiger charge is 2.24. The van der Waals surface area contributed by atoms with Gasteiger partial charge in [0.15, 0.2) is 0 Å². The molecular weight excluding hydrogens is 372 g/mol. The predicted molar refractivity (Wildman–Crippen MR) is 114 cm³/mol. The molecule has 0 aliphatic carbocycles. The summed E-state index contributed by atoms with van der Waals surface area (Å²) in [6.45, 7) is 0.869. The summed E-state index contributed by atoms with van der Waals surface area (Å²) in [4.78, 5) is 31.4. The minimum absolute atomic E-state index is 0.101. The Morgan fingerprint density at radius 1 is 1.18 bits per heavy atom. The summed E-state index contributed by atoms with van der Waals surface area (Å²) in [5.41, 5.74) is 3.27. The van der Waals surface area contributed by atoms with Crippen molar-refractivity contribution in [1.29, 1.82) is 0 Å². The molecule has 1 aromatic heterocycles. The van der Waals surface area contributed by atoms with Gasteiger partial charge in [0.1, 0.15) is 12.4 Å². The van der Waals surface area contributed by atoms with Crippen molar-refractivity contribution in [2.45, 2.75) is 25.1 Å². The van der Waals surface area contributed by atoms with Crippen LogP contribution >= 0.6 is 11.8 Å². The van der Waals surface area contributed by atoms with Gasteiger partial charge < -0.3 is 14.8 Å². The van der Waals surface area contributed by atoms with E-state index in [2.05, 4.69) is 10.3 Å². The fourth-order valence-corrected chi connectivity index (χ4v) is 4.07. The SMILES string of the molecule is CSCc1nc2ccccc2n1CC(=O)Nc1ccccc1N1CCCC1=O. The van der Waals surface area contributed by atoms with E-state index < -0.39 is 0 Å². The fraction of sp³-hybridized carbons (Fsp3) is 0.286. The van der Waals surface area contributed by atoms with Crippen LogP contribution in [0.2, 0.25) is 0 Å². The maximum atomic E-state index is 12.9. The quantitative estimate of drug-likeness (QED) is 0.693. The number of carbonyl (C=O) groups is 2. The number of rotatable bonds is 6. The number of imidazole rings is 1. The highest BCUT2D eigenvalue weighted by molar-refractivity contribution is 7.97. The number of thioether (sulfide) groups is 1. The molecule has 1 aliphatic rings. The van der Waals surface area contributed by atoms with E-state index in [1.165, 1.54) is 0 Å². The largest absolute Gasteiger partial charge is 0.323 e. The number of anilines is 2. The molecule has 1 fully saturated rings. The zero-order chi connectivity index (χ0) is 19.5. The minimum atomic E-state index is -0.135. The molecule has 0 radical (unpaired) electrons. The molecule has 0 saturated carbocycles. The molecule has 2 aromatic carbocycles. The lowest BCUT2D eigenvalue weighted by Crippen LogP contribution is -2.26. The van der Waals surface area contributed by atoms with Crippen molar-refractivity contribution in [2.24, 2.45) is 0 Å². The zero-order valence-electron chi connectivity index (χ0n) is 15.7. The number of hydrogen-bond donors (Lipinski definition) is 1. The highest BCUT2D eigenvalue weighted by Crippen LogP contribution is 2.29. The molecule has 144 valence electrons. The van der Waals surface area contributed by atoms with Crippen molar-refractivity contribution in [3.63, 3.8) is 0 Å². The van der Waals surface area contributed by atoms with Gasteiger partial charge in [0.2, 0.25) is 11.8 Å². The number of aromatic nitrogens is 2. The standard InChI is InChI=1S/C21H22N4O2S/c1-28-14-19-22-15-7-2-5-10-18(15)25(19)13-20(26)23-16-8-3-4-9-17(16)24-12-6-11-21(24)27/h2-5,7-10H,6,11-14H2,1H3,(H,23,26). The number of fused-ring (bicyclic) bond motifs is 1. The van der Waals surface area contributed by atoms with Crippen LogP contribution in [0.5, 0.6) is 0 Å². The van der Waals surface area contributed by atoms with Gasteiger partial charge >= 0.3 is 0 Å². The molecule has 28 heavy (non-hydrogen) atoms. The second kappa shape index (κ2) is 8.06. The number of hydrogen-bond acceptors (Lipinski definition) is 4. The normalized spacial score (nSPS) is 14.0. The zero-order valence-corrected chi connectivity index (χ0v) is 16.5. The van der Waals surface area contributed by atoms with E-state index in [4.69, 9.17) is 0 Å². The van der Waals surface area contributed by atoms with Crippen LogP contribution < -0.4 is 10.2 Å². The molecule has 3 aromatic rings. The highest BCUT2D eigenvalue weighted by atomic mass is 32.2. The lowest BCUT2D eigenvalue weighted by molar-refractivity contribution is -0.117. The number of amides is 2.